The van der Waals surface area contributed by atoms with Crippen molar-refractivity contribution in [2.75, 3.05) is 11.9 Å². The Labute approximate surface area is 161 Å². The summed E-state index contributed by atoms with van der Waals surface area (Å²) in [6.45, 7) is 3.47. The van der Waals surface area contributed by atoms with Gasteiger partial charge in [-0.25, -0.2) is 9.37 Å². The quantitative estimate of drug-likeness (QED) is 0.605. The van der Waals surface area contributed by atoms with E-state index >= 15 is 0 Å². The molecule has 0 unspecified atom stereocenters. The number of benzene rings is 2. The van der Waals surface area contributed by atoms with Crippen LogP contribution in [0.15, 0.2) is 46.9 Å². The van der Waals surface area contributed by atoms with E-state index in [0.29, 0.717) is 28.2 Å². The number of nitrogens with two attached hydrogens (primary N) is 1. The number of fused-ring (bicyclic) bond motifs is 1. The predicted molar refractivity (Wildman–Crippen MR) is 104 cm³/mol. The molecule has 0 aliphatic carbocycles. The largest absolute Gasteiger partial charge is 0.436 e. The molecule has 7 nitrogen and oxygen atoms in total. The number of anilines is 1. The molecule has 0 radical (unpaired) electrons. The number of carbonyl (C=O) groups is 2. The van der Waals surface area contributed by atoms with E-state index in [0.717, 1.165) is 0 Å². The zero-order chi connectivity index (χ0) is 20.3. The second-order valence-electron chi connectivity index (χ2n) is 6.74. The van der Waals surface area contributed by atoms with Gasteiger partial charge in [-0.05, 0) is 42.3 Å². The molecule has 1 atom stereocenters. The first-order valence-electron chi connectivity index (χ1n) is 8.83. The molecule has 146 valence electrons. The Morgan fingerprint density at radius 3 is 2.57 bits per heavy atom. The van der Waals surface area contributed by atoms with Gasteiger partial charge in [0.1, 0.15) is 11.3 Å². The molecule has 0 saturated carbocycles. The number of hydrogen-bond acceptors (Lipinski definition) is 5. The third-order valence-corrected chi connectivity index (χ3v) is 4.21. The average molecular weight is 384 g/mol. The van der Waals surface area contributed by atoms with Crippen LogP contribution in [-0.2, 0) is 9.59 Å². The van der Waals surface area contributed by atoms with Crippen molar-refractivity contribution in [1.82, 2.24) is 10.3 Å². The first kappa shape index (κ1) is 19.5. The second-order valence-corrected chi connectivity index (χ2v) is 6.74. The molecule has 2 aromatic carbocycles. The average Bonchev–Trinajstić information content (AvgIpc) is 3.09. The molecule has 4 N–H and O–H groups in total. The minimum Gasteiger partial charge on any atom is -0.436 e. The Bertz CT molecular complexity index is 998. The van der Waals surface area contributed by atoms with Gasteiger partial charge in [0.05, 0.1) is 12.6 Å². The molecule has 0 spiro atoms. The summed E-state index contributed by atoms with van der Waals surface area (Å²) in [5.74, 6) is -0.770. The summed E-state index contributed by atoms with van der Waals surface area (Å²) in [6, 6.07) is 10.2. The Morgan fingerprint density at radius 2 is 1.89 bits per heavy atom. The van der Waals surface area contributed by atoms with Gasteiger partial charge in [0.2, 0.25) is 17.7 Å². The van der Waals surface area contributed by atoms with Gasteiger partial charge in [-0.1, -0.05) is 13.8 Å². The van der Waals surface area contributed by atoms with Crippen molar-refractivity contribution in [3.8, 4) is 11.5 Å². The molecule has 0 fully saturated rings. The van der Waals surface area contributed by atoms with Crippen molar-refractivity contribution in [2.24, 2.45) is 11.7 Å². The van der Waals surface area contributed by atoms with E-state index in [-0.39, 0.29) is 30.1 Å². The van der Waals surface area contributed by atoms with Crippen LogP contribution in [0.2, 0.25) is 0 Å². The number of amides is 2. The van der Waals surface area contributed by atoms with E-state index in [4.69, 9.17) is 10.2 Å². The van der Waals surface area contributed by atoms with Crippen LogP contribution < -0.4 is 16.4 Å². The third kappa shape index (κ3) is 4.52. The number of hydrogen-bond donors (Lipinski definition) is 3. The van der Waals surface area contributed by atoms with Crippen LogP contribution in [0.4, 0.5) is 10.1 Å². The smallest absolute Gasteiger partial charge is 0.243 e. The topological polar surface area (TPSA) is 110 Å². The van der Waals surface area contributed by atoms with Crippen molar-refractivity contribution < 1.29 is 18.4 Å². The summed E-state index contributed by atoms with van der Waals surface area (Å²) < 4.78 is 18.8. The highest BCUT2D eigenvalue weighted by Crippen LogP contribution is 2.26. The molecule has 1 aromatic heterocycles. The van der Waals surface area contributed by atoms with E-state index in [1.807, 2.05) is 13.8 Å². The molecule has 0 bridgehead atoms. The van der Waals surface area contributed by atoms with E-state index in [9.17, 15) is 14.0 Å². The second kappa shape index (κ2) is 8.18. The maximum Gasteiger partial charge on any atom is 0.243 e. The van der Waals surface area contributed by atoms with Gasteiger partial charge >= 0.3 is 0 Å². The monoisotopic (exact) mass is 384 g/mol. The van der Waals surface area contributed by atoms with E-state index in [2.05, 4.69) is 15.6 Å². The van der Waals surface area contributed by atoms with E-state index < -0.39 is 6.04 Å². The minimum atomic E-state index is -0.664. The van der Waals surface area contributed by atoms with Crippen LogP contribution in [-0.4, -0.2) is 29.4 Å². The highest BCUT2D eigenvalue weighted by Gasteiger charge is 2.17. The first-order chi connectivity index (χ1) is 13.3. The lowest BCUT2D eigenvalue weighted by Crippen LogP contribution is -2.46. The van der Waals surface area contributed by atoms with Gasteiger partial charge in [0, 0.05) is 17.3 Å². The van der Waals surface area contributed by atoms with Gasteiger partial charge in [-0.2, -0.15) is 0 Å². The molecular weight excluding hydrogens is 363 g/mol. The summed E-state index contributed by atoms with van der Waals surface area (Å²) in [5, 5.41) is 5.19. The van der Waals surface area contributed by atoms with Gasteiger partial charge in [0.25, 0.3) is 0 Å². The fraction of sp³-hybridized carbons (Fsp3) is 0.250. The number of oxazole rings is 1. The number of nitrogens with one attached hydrogen (secondary N) is 2. The predicted octanol–water partition coefficient (Wildman–Crippen LogP) is 2.67. The van der Waals surface area contributed by atoms with Crippen molar-refractivity contribution in [2.45, 2.75) is 19.9 Å². The number of halogens is 1. The lowest BCUT2D eigenvalue weighted by atomic mass is 10.1. The summed E-state index contributed by atoms with van der Waals surface area (Å²) in [6.07, 6.45) is 0. The van der Waals surface area contributed by atoms with Crippen molar-refractivity contribution >= 4 is 28.6 Å². The molecule has 0 aliphatic rings. The van der Waals surface area contributed by atoms with Crippen LogP contribution in [0.25, 0.3) is 22.6 Å². The van der Waals surface area contributed by atoms with Crippen molar-refractivity contribution in [3.63, 3.8) is 0 Å². The standard InChI is InChI=1S/C20H21FN4O3/c1-11(2)18(22)19(27)23-10-17(26)24-14-7-8-15-16(9-14)28-20(25-15)12-3-5-13(21)6-4-12/h3-9,11,18H,10,22H2,1-2H3,(H,23,27)(H,24,26)/t18-/m0/s1. The third-order valence-electron chi connectivity index (χ3n) is 4.21. The zero-order valence-electron chi connectivity index (χ0n) is 15.5. The van der Waals surface area contributed by atoms with Crippen LogP contribution in [0.5, 0.6) is 0 Å². The normalized spacial score (nSPS) is 12.2. The van der Waals surface area contributed by atoms with Gasteiger partial charge in [0.15, 0.2) is 5.58 Å². The van der Waals surface area contributed by atoms with E-state index in [1.165, 1.54) is 12.1 Å². The highest BCUT2D eigenvalue weighted by molar-refractivity contribution is 5.96. The SMILES string of the molecule is CC(C)[C@H](N)C(=O)NCC(=O)Nc1ccc2nc(-c3ccc(F)cc3)oc2c1. The molecule has 2 amide bonds. The van der Waals surface area contributed by atoms with Crippen LogP contribution in [0.1, 0.15) is 13.8 Å². The number of rotatable bonds is 6. The molecule has 1 heterocycles. The number of nitrogens with zero attached hydrogens (tertiary/aromatic N) is 1. The summed E-state index contributed by atoms with van der Waals surface area (Å²) in [4.78, 5) is 28.2. The van der Waals surface area contributed by atoms with Crippen molar-refractivity contribution in [3.05, 3.63) is 48.3 Å². The Kier molecular flexibility index (Phi) is 5.70. The number of carbonyl (C=O) groups excluding carboxylic acids is 2. The maximum absolute atomic E-state index is 13.1. The van der Waals surface area contributed by atoms with Crippen LogP contribution >= 0.6 is 0 Å². The molecule has 8 heteroatoms. The lowest BCUT2D eigenvalue weighted by Gasteiger charge is -2.15. The summed E-state index contributed by atoms with van der Waals surface area (Å²) >= 11 is 0. The molecule has 0 aliphatic heterocycles. The van der Waals surface area contributed by atoms with Gasteiger partial charge in [-0.3, -0.25) is 9.59 Å². The molecule has 0 saturated heterocycles. The Balaban J connectivity index is 1.66. The maximum atomic E-state index is 13.1. The zero-order valence-corrected chi connectivity index (χ0v) is 15.5. The lowest BCUT2D eigenvalue weighted by molar-refractivity contribution is -0.125. The van der Waals surface area contributed by atoms with Gasteiger partial charge < -0.3 is 20.8 Å². The van der Waals surface area contributed by atoms with Gasteiger partial charge in [-0.15, -0.1) is 0 Å². The summed E-state index contributed by atoms with van der Waals surface area (Å²) in [7, 11) is 0. The fourth-order valence-corrected chi connectivity index (χ4v) is 2.51. The van der Waals surface area contributed by atoms with Crippen LogP contribution in [0.3, 0.4) is 0 Å². The van der Waals surface area contributed by atoms with Crippen LogP contribution in [0, 0.1) is 11.7 Å². The Morgan fingerprint density at radius 1 is 1.18 bits per heavy atom. The fourth-order valence-electron chi connectivity index (χ4n) is 2.51. The molecule has 3 aromatic rings. The number of aromatic nitrogens is 1. The van der Waals surface area contributed by atoms with Crippen molar-refractivity contribution in [1.29, 1.82) is 0 Å². The first-order valence-corrected chi connectivity index (χ1v) is 8.83. The summed E-state index contributed by atoms with van der Waals surface area (Å²) in [5.41, 5.74) is 7.96. The highest BCUT2D eigenvalue weighted by atomic mass is 19.1. The molecule has 3 rings (SSSR count). The molecular formula is C20H21FN4O3. The van der Waals surface area contributed by atoms with E-state index in [1.54, 1.807) is 30.3 Å². The Hall–Kier alpha value is -3.26. The molecule has 28 heavy (non-hydrogen) atoms. The minimum absolute atomic E-state index is 0.0211.